The summed E-state index contributed by atoms with van der Waals surface area (Å²) in [5, 5.41) is 0. The lowest BCUT2D eigenvalue weighted by Gasteiger charge is -2.31. The van der Waals surface area contributed by atoms with Gasteiger partial charge >= 0.3 is 0 Å². The topological polar surface area (TPSA) is 32.5 Å². The summed E-state index contributed by atoms with van der Waals surface area (Å²) < 4.78 is 6.06. The number of hydrogen-bond donors (Lipinski definition) is 0. The average Bonchev–Trinajstić information content (AvgIpc) is 2.56. The molecule has 0 bridgehead atoms. The molecule has 2 rings (SSSR count). The van der Waals surface area contributed by atoms with Crippen molar-refractivity contribution in [1.82, 2.24) is 14.8 Å². The molecule has 1 aromatic heterocycles. The Kier molecular flexibility index (Phi) is 3.20. The van der Waals surface area contributed by atoms with E-state index >= 15 is 0 Å². The van der Waals surface area contributed by atoms with Crippen molar-refractivity contribution in [2.24, 2.45) is 0 Å². The van der Waals surface area contributed by atoms with Crippen molar-refractivity contribution < 1.29 is 4.42 Å². The molecule has 0 atom stereocenters. The van der Waals surface area contributed by atoms with Gasteiger partial charge in [-0.3, -0.25) is 4.90 Å². The van der Waals surface area contributed by atoms with Gasteiger partial charge in [0.2, 0.25) is 5.89 Å². The Hall–Kier alpha value is -0.390. The summed E-state index contributed by atoms with van der Waals surface area (Å²) in [6.07, 6.45) is 1.63. The maximum Gasteiger partial charge on any atom is 0.209 e. The average molecular weight is 260 g/mol. The molecule has 0 N–H and O–H groups in total. The summed E-state index contributed by atoms with van der Waals surface area (Å²) in [6.45, 7) is 5.26. The van der Waals surface area contributed by atoms with Crippen LogP contribution in [0.15, 0.2) is 15.3 Å². The summed E-state index contributed by atoms with van der Waals surface area (Å²) in [5.74, 6) is 0.793. The first-order chi connectivity index (χ1) is 6.74. The van der Waals surface area contributed by atoms with Crippen LogP contribution in [0, 0.1) is 0 Å². The lowest BCUT2D eigenvalue weighted by molar-refractivity contribution is 0.138. The van der Waals surface area contributed by atoms with Gasteiger partial charge in [0.05, 0.1) is 6.54 Å². The summed E-state index contributed by atoms with van der Waals surface area (Å²) in [6, 6.07) is 0. The first-order valence-electron chi connectivity index (χ1n) is 4.75. The molecule has 1 aliphatic rings. The molecule has 0 radical (unpaired) electrons. The van der Waals surface area contributed by atoms with Gasteiger partial charge in [-0.1, -0.05) is 0 Å². The first-order valence-corrected chi connectivity index (χ1v) is 5.54. The normalized spacial score (nSPS) is 20.1. The van der Waals surface area contributed by atoms with E-state index in [9.17, 15) is 0 Å². The molecule has 78 valence electrons. The Labute approximate surface area is 92.0 Å². The predicted octanol–water partition coefficient (Wildman–Crippen LogP) is 1.18. The molecule has 0 aliphatic carbocycles. The minimum absolute atomic E-state index is 0.779. The van der Waals surface area contributed by atoms with Gasteiger partial charge in [0.15, 0.2) is 0 Å². The van der Waals surface area contributed by atoms with E-state index in [0.717, 1.165) is 43.2 Å². The van der Waals surface area contributed by atoms with Crippen molar-refractivity contribution in [3.8, 4) is 0 Å². The van der Waals surface area contributed by atoms with Crippen molar-refractivity contribution >= 4 is 15.9 Å². The maximum absolute atomic E-state index is 5.28. The van der Waals surface area contributed by atoms with Crippen LogP contribution in [0.3, 0.4) is 0 Å². The number of likely N-dealkylation sites (N-methyl/N-ethyl adjacent to an activating group) is 1. The third-order valence-electron chi connectivity index (χ3n) is 2.48. The summed E-state index contributed by atoms with van der Waals surface area (Å²) in [4.78, 5) is 8.91. The SMILES string of the molecule is CN1CCN(Cc2nc(Br)co2)CC1. The number of rotatable bonds is 2. The Morgan fingerprint density at radius 1 is 1.43 bits per heavy atom. The highest BCUT2D eigenvalue weighted by molar-refractivity contribution is 9.10. The van der Waals surface area contributed by atoms with Crippen molar-refractivity contribution in [1.29, 1.82) is 0 Å². The molecule has 1 aromatic rings. The molecule has 1 fully saturated rings. The minimum Gasteiger partial charge on any atom is -0.446 e. The van der Waals surface area contributed by atoms with Gasteiger partial charge < -0.3 is 9.32 Å². The van der Waals surface area contributed by atoms with Gasteiger partial charge in [-0.15, -0.1) is 0 Å². The van der Waals surface area contributed by atoms with E-state index in [1.807, 2.05) is 0 Å². The van der Waals surface area contributed by atoms with Crippen molar-refractivity contribution in [3.05, 3.63) is 16.8 Å². The second kappa shape index (κ2) is 4.42. The second-order valence-electron chi connectivity index (χ2n) is 3.64. The Balaban J connectivity index is 1.86. The van der Waals surface area contributed by atoms with E-state index < -0.39 is 0 Å². The Morgan fingerprint density at radius 3 is 2.71 bits per heavy atom. The predicted molar refractivity (Wildman–Crippen MR) is 57.0 cm³/mol. The highest BCUT2D eigenvalue weighted by Crippen LogP contribution is 2.11. The van der Waals surface area contributed by atoms with Crippen LogP contribution in [0.2, 0.25) is 0 Å². The monoisotopic (exact) mass is 259 g/mol. The van der Waals surface area contributed by atoms with Gasteiger partial charge in [-0.2, -0.15) is 0 Å². The molecule has 0 saturated carbocycles. The fourth-order valence-electron chi connectivity index (χ4n) is 1.56. The van der Waals surface area contributed by atoms with Crippen LogP contribution < -0.4 is 0 Å². The van der Waals surface area contributed by atoms with Gasteiger partial charge in [0, 0.05) is 26.2 Å². The largest absolute Gasteiger partial charge is 0.446 e. The Bertz CT molecular complexity index is 294. The van der Waals surface area contributed by atoms with Gasteiger partial charge in [-0.25, -0.2) is 4.98 Å². The molecule has 0 aromatic carbocycles. The van der Waals surface area contributed by atoms with E-state index in [1.165, 1.54) is 0 Å². The van der Waals surface area contributed by atoms with E-state index in [0.29, 0.717) is 0 Å². The maximum atomic E-state index is 5.28. The molecule has 5 heteroatoms. The molecular formula is C9H14BrN3O. The quantitative estimate of drug-likeness (QED) is 0.799. The standard InChI is InChI=1S/C9H14BrN3O/c1-12-2-4-13(5-3-12)6-9-11-8(10)7-14-9/h7H,2-6H2,1H3. The van der Waals surface area contributed by atoms with Crippen LogP contribution >= 0.6 is 15.9 Å². The third-order valence-corrected chi connectivity index (χ3v) is 2.84. The fourth-order valence-corrected chi connectivity index (χ4v) is 1.85. The van der Waals surface area contributed by atoms with Crippen LogP contribution in [0.1, 0.15) is 5.89 Å². The highest BCUT2D eigenvalue weighted by Gasteiger charge is 2.15. The van der Waals surface area contributed by atoms with Crippen LogP contribution in [0.25, 0.3) is 0 Å². The molecule has 0 amide bonds. The molecule has 1 aliphatic heterocycles. The molecular weight excluding hydrogens is 246 g/mol. The lowest BCUT2D eigenvalue weighted by Crippen LogP contribution is -2.43. The van der Waals surface area contributed by atoms with E-state index in [4.69, 9.17) is 4.42 Å². The molecule has 14 heavy (non-hydrogen) atoms. The molecule has 0 unspecified atom stereocenters. The zero-order chi connectivity index (χ0) is 9.97. The smallest absolute Gasteiger partial charge is 0.209 e. The summed E-state index contributed by atoms with van der Waals surface area (Å²) in [7, 11) is 2.15. The third kappa shape index (κ3) is 2.56. The number of nitrogens with zero attached hydrogens (tertiary/aromatic N) is 3. The van der Waals surface area contributed by atoms with Crippen LogP contribution in [0.5, 0.6) is 0 Å². The van der Waals surface area contributed by atoms with Crippen molar-refractivity contribution in [2.75, 3.05) is 33.2 Å². The van der Waals surface area contributed by atoms with Gasteiger partial charge in [-0.05, 0) is 23.0 Å². The van der Waals surface area contributed by atoms with Crippen LogP contribution in [-0.2, 0) is 6.54 Å². The molecule has 1 saturated heterocycles. The summed E-state index contributed by atoms with van der Waals surface area (Å²) in [5.41, 5.74) is 0. The Morgan fingerprint density at radius 2 is 2.14 bits per heavy atom. The first kappa shape index (κ1) is 10.1. The van der Waals surface area contributed by atoms with Crippen LogP contribution in [0.4, 0.5) is 0 Å². The van der Waals surface area contributed by atoms with Gasteiger partial charge in [0.1, 0.15) is 10.9 Å². The number of aromatic nitrogens is 1. The molecule has 4 nitrogen and oxygen atoms in total. The minimum atomic E-state index is 0.779. The zero-order valence-electron chi connectivity index (χ0n) is 8.24. The van der Waals surface area contributed by atoms with Crippen molar-refractivity contribution in [2.45, 2.75) is 6.54 Å². The highest BCUT2D eigenvalue weighted by atomic mass is 79.9. The zero-order valence-corrected chi connectivity index (χ0v) is 9.83. The second-order valence-corrected chi connectivity index (χ2v) is 4.46. The van der Waals surface area contributed by atoms with Crippen molar-refractivity contribution in [3.63, 3.8) is 0 Å². The lowest BCUT2D eigenvalue weighted by atomic mass is 10.3. The van der Waals surface area contributed by atoms with Crippen LogP contribution in [-0.4, -0.2) is 48.0 Å². The van der Waals surface area contributed by atoms with Gasteiger partial charge in [0.25, 0.3) is 0 Å². The number of piperazine rings is 1. The number of oxazole rings is 1. The molecule has 0 spiro atoms. The van der Waals surface area contributed by atoms with E-state index in [2.05, 4.69) is 37.8 Å². The number of hydrogen-bond acceptors (Lipinski definition) is 4. The van der Waals surface area contributed by atoms with E-state index in [-0.39, 0.29) is 0 Å². The molecule has 2 heterocycles. The fraction of sp³-hybridized carbons (Fsp3) is 0.667. The van der Waals surface area contributed by atoms with E-state index in [1.54, 1.807) is 6.26 Å². The summed E-state index contributed by atoms with van der Waals surface area (Å²) >= 11 is 3.27. The number of halogens is 1.